The van der Waals surface area contributed by atoms with Gasteiger partial charge in [-0.05, 0) is 77.7 Å². The zero-order valence-corrected chi connectivity index (χ0v) is 19.1. The van der Waals surface area contributed by atoms with E-state index >= 15 is 0 Å². The molecule has 4 aromatic rings. The van der Waals surface area contributed by atoms with Gasteiger partial charge in [-0.1, -0.05) is 24.3 Å². The molecular formula is C26H25N3O3S. The van der Waals surface area contributed by atoms with Gasteiger partial charge in [-0.2, -0.15) is 0 Å². The highest BCUT2D eigenvalue weighted by molar-refractivity contribution is 7.12. The van der Waals surface area contributed by atoms with Crippen LogP contribution in [-0.2, 0) is 4.74 Å². The molecule has 7 heteroatoms. The smallest absolute Gasteiger partial charge is 0.348 e. The Kier molecular flexibility index (Phi) is 7.12. The molecule has 0 aliphatic carbocycles. The molecule has 0 radical (unpaired) electrons. The summed E-state index contributed by atoms with van der Waals surface area (Å²) >= 11 is 1.36. The van der Waals surface area contributed by atoms with Crippen molar-refractivity contribution in [1.29, 1.82) is 0 Å². The van der Waals surface area contributed by atoms with E-state index in [1.807, 2.05) is 53.9 Å². The molecule has 3 N–H and O–H groups in total. The summed E-state index contributed by atoms with van der Waals surface area (Å²) in [4.78, 5) is 29.7. The first-order valence-electron chi connectivity index (χ1n) is 10.8. The largest absolute Gasteiger partial charge is 0.462 e. The summed E-state index contributed by atoms with van der Waals surface area (Å²) in [6.45, 7) is 2.57. The molecule has 6 nitrogen and oxygen atoms in total. The standard InChI is InChI=1S/C26H25N3O3S/c1-2-32-26(31)24-14-22(16-33-24)17-4-3-5-19(12-17)23(8-10-27)29-25(30)20-6-7-21-15-28-11-9-18(21)13-20/h3-7,9,11-16,23H,2,8,10,27H2,1H3,(H,29,30). The average molecular weight is 460 g/mol. The van der Waals surface area contributed by atoms with Gasteiger partial charge < -0.3 is 15.8 Å². The first-order chi connectivity index (χ1) is 16.1. The Hall–Kier alpha value is -3.55. The third-order valence-electron chi connectivity index (χ3n) is 5.36. The summed E-state index contributed by atoms with van der Waals surface area (Å²) in [5, 5.41) is 7.01. The van der Waals surface area contributed by atoms with E-state index in [1.165, 1.54) is 11.3 Å². The molecule has 2 heterocycles. The second kappa shape index (κ2) is 10.4. The molecule has 1 unspecified atom stereocenters. The highest BCUT2D eigenvalue weighted by atomic mass is 32.1. The summed E-state index contributed by atoms with van der Waals surface area (Å²) in [6.07, 6.45) is 4.09. The number of carbonyl (C=O) groups is 2. The number of ether oxygens (including phenoxy) is 1. The van der Waals surface area contributed by atoms with E-state index in [9.17, 15) is 9.59 Å². The van der Waals surface area contributed by atoms with Crippen LogP contribution in [-0.4, -0.2) is 30.0 Å². The Morgan fingerprint density at radius 1 is 1.09 bits per heavy atom. The Labute approximate surface area is 196 Å². The highest BCUT2D eigenvalue weighted by Gasteiger charge is 2.17. The van der Waals surface area contributed by atoms with E-state index in [-0.39, 0.29) is 17.9 Å². The number of aromatic nitrogens is 1. The fourth-order valence-electron chi connectivity index (χ4n) is 3.69. The molecular weight excluding hydrogens is 434 g/mol. The van der Waals surface area contributed by atoms with Gasteiger partial charge in [-0.25, -0.2) is 4.79 Å². The van der Waals surface area contributed by atoms with Crippen molar-refractivity contribution in [3.63, 3.8) is 0 Å². The Morgan fingerprint density at radius 2 is 1.97 bits per heavy atom. The maximum Gasteiger partial charge on any atom is 0.348 e. The molecule has 4 rings (SSSR count). The zero-order valence-electron chi connectivity index (χ0n) is 18.3. The minimum absolute atomic E-state index is 0.155. The number of rotatable bonds is 8. The monoisotopic (exact) mass is 459 g/mol. The first-order valence-corrected chi connectivity index (χ1v) is 11.7. The fraction of sp³-hybridized carbons (Fsp3) is 0.192. The number of thiophene rings is 1. The molecule has 0 bridgehead atoms. The SMILES string of the molecule is CCOC(=O)c1cc(-c2cccc(C(CCN)NC(=O)c3ccc4cnccc4c3)c2)cs1. The van der Waals surface area contributed by atoms with Crippen molar-refractivity contribution in [2.45, 2.75) is 19.4 Å². The lowest BCUT2D eigenvalue weighted by Crippen LogP contribution is -2.30. The normalized spacial score (nSPS) is 11.8. The molecule has 33 heavy (non-hydrogen) atoms. The van der Waals surface area contributed by atoms with Crippen LogP contribution >= 0.6 is 11.3 Å². The second-order valence-corrected chi connectivity index (χ2v) is 8.50. The number of benzene rings is 2. The molecule has 1 atom stereocenters. The van der Waals surface area contributed by atoms with Gasteiger partial charge in [0, 0.05) is 23.3 Å². The Bertz CT molecular complexity index is 1280. The maximum atomic E-state index is 13.0. The average Bonchev–Trinajstić information content (AvgIpc) is 3.34. The second-order valence-electron chi connectivity index (χ2n) is 7.59. The van der Waals surface area contributed by atoms with Gasteiger partial charge in [-0.15, -0.1) is 11.3 Å². The summed E-state index contributed by atoms with van der Waals surface area (Å²) in [6, 6.07) is 17.0. The van der Waals surface area contributed by atoms with Crippen LogP contribution in [0.15, 0.2) is 72.4 Å². The number of nitrogens with two attached hydrogens (primary N) is 1. The van der Waals surface area contributed by atoms with Gasteiger partial charge in [0.2, 0.25) is 0 Å². The van der Waals surface area contributed by atoms with Crippen LogP contribution in [0.1, 0.15) is 45.0 Å². The minimum atomic E-state index is -0.315. The molecule has 0 saturated heterocycles. The first kappa shape index (κ1) is 22.6. The summed E-state index contributed by atoms with van der Waals surface area (Å²) in [5.41, 5.74) is 9.31. The van der Waals surface area contributed by atoms with Crippen LogP contribution in [0.5, 0.6) is 0 Å². The van der Waals surface area contributed by atoms with Gasteiger partial charge >= 0.3 is 5.97 Å². The van der Waals surface area contributed by atoms with Crippen LogP contribution < -0.4 is 11.1 Å². The van der Waals surface area contributed by atoms with Crippen LogP contribution in [0.3, 0.4) is 0 Å². The number of amides is 1. The molecule has 0 spiro atoms. The lowest BCUT2D eigenvalue weighted by Gasteiger charge is -2.19. The lowest BCUT2D eigenvalue weighted by molar-refractivity contribution is 0.0532. The number of pyridine rings is 1. The zero-order chi connectivity index (χ0) is 23.2. The predicted molar refractivity (Wildman–Crippen MR) is 131 cm³/mol. The van der Waals surface area contributed by atoms with Crippen LogP contribution in [0.4, 0.5) is 0 Å². The third-order valence-corrected chi connectivity index (χ3v) is 6.27. The van der Waals surface area contributed by atoms with Gasteiger partial charge in [0.05, 0.1) is 12.6 Å². The van der Waals surface area contributed by atoms with E-state index in [4.69, 9.17) is 10.5 Å². The van der Waals surface area contributed by atoms with Gasteiger partial charge in [0.25, 0.3) is 5.91 Å². The number of esters is 1. The number of nitrogens with zero attached hydrogens (tertiary/aromatic N) is 1. The van der Waals surface area contributed by atoms with Crippen molar-refractivity contribution < 1.29 is 14.3 Å². The molecule has 0 fully saturated rings. The Morgan fingerprint density at radius 3 is 2.79 bits per heavy atom. The van der Waals surface area contributed by atoms with Gasteiger partial charge in [0.1, 0.15) is 4.88 Å². The summed E-state index contributed by atoms with van der Waals surface area (Å²) < 4.78 is 5.09. The topological polar surface area (TPSA) is 94.3 Å². The number of hydrogen-bond acceptors (Lipinski definition) is 6. The fourth-order valence-corrected chi connectivity index (χ4v) is 4.50. The van der Waals surface area contributed by atoms with E-state index < -0.39 is 0 Å². The summed E-state index contributed by atoms with van der Waals surface area (Å²) in [7, 11) is 0. The number of carbonyl (C=O) groups excluding carboxylic acids is 2. The molecule has 2 aromatic carbocycles. The molecule has 0 aliphatic heterocycles. The van der Waals surface area contributed by atoms with Gasteiger partial charge in [-0.3, -0.25) is 9.78 Å². The molecule has 1 amide bonds. The van der Waals surface area contributed by atoms with Crippen molar-refractivity contribution in [2.24, 2.45) is 5.73 Å². The van der Waals surface area contributed by atoms with Crippen LogP contribution in [0.2, 0.25) is 0 Å². The minimum Gasteiger partial charge on any atom is -0.462 e. The molecule has 168 valence electrons. The van der Waals surface area contributed by atoms with Gasteiger partial charge in [0.15, 0.2) is 0 Å². The van der Waals surface area contributed by atoms with E-state index in [2.05, 4.69) is 10.3 Å². The molecule has 0 saturated carbocycles. The van der Waals surface area contributed by atoms with Crippen molar-refractivity contribution >= 4 is 34.0 Å². The van der Waals surface area contributed by atoms with Crippen LogP contribution in [0.25, 0.3) is 21.9 Å². The lowest BCUT2D eigenvalue weighted by atomic mass is 9.98. The van der Waals surface area contributed by atoms with E-state index in [0.717, 1.165) is 27.5 Å². The quantitative estimate of drug-likeness (QED) is 0.363. The number of fused-ring (bicyclic) bond motifs is 1. The number of hydrogen-bond donors (Lipinski definition) is 2. The predicted octanol–water partition coefficient (Wildman–Crippen LogP) is 4.96. The highest BCUT2D eigenvalue weighted by Crippen LogP contribution is 2.29. The van der Waals surface area contributed by atoms with E-state index in [1.54, 1.807) is 25.4 Å². The van der Waals surface area contributed by atoms with Crippen molar-refractivity contribution in [1.82, 2.24) is 10.3 Å². The van der Waals surface area contributed by atoms with E-state index in [0.29, 0.717) is 30.0 Å². The molecule has 0 aliphatic rings. The van der Waals surface area contributed by atoms with Crippen molar-refractivity contribution in [2.75, 3.05) is 13.2 Å². The number of nitrogens with one attached hydrogen (secondary N) is 1. The van der Waals surface area contributed by atoms with Crippen molar-refractivity contribution in [3.05, 3.63) is 88.4 Å². The third kappa shape index (κ3) is 5.27. The van der Waals surface area contributed by atoms with Crippen molar-refractivity contribution in [3.8, 4) is 11.1 Å². The molecule has 2 aromatic heterocycles. The maximum absolute atomic E-state index is 13.0. The summed E-state index contributed by atoms with van der Waals surface area (Å²) in [5.74, 6) is -0.470. The Balaban J connectivity index is 1.56. The van der Waals surface area contributed by atoms with Crippen LogP contribution in [0, 0.1) is 0 Å².